The van der Waals surface area contributed by atoms with E-state index in [0.717, 1.165) is 16.4 Å². The van der Waals surface area contributed by atoms with Gasteiger partial charge in [0.1, 0.15) is 0 Å². The summed E-state index contributed by atoms with van der Waals surface area (Å²) in [6.07, 6.45) is 3.28. The van der Waals surface area contributed by atoms with Crippen LogP contribution in [-0.2, 0) is 12.8 Å². The fraction of sp³-hybridized carbons (Fsp3) is 0.200. The van der Waals surface area contributed by atoms with Gasteiger partial charge < -0.3 is 0 Å². The maximum Gasteiger partial charge on any atom is 0.279 e. The van der Waals surface area contributed by atoms with E-state index in [9.17, 15) is 9.59 Å². The molecule has 1 aromatic heterocycles. The van der Waals surface area contributed by atoms with Crippen LogP contribution in [0.5, 0.6) is 0 Å². The molecule has 2 N–H and O–H groups in total. The fourth-order valence-electron chi connectivity index (χ4n) is 2.32. The second kappa shape index (κ2) is 6.15. The molecule has 1 heterocycles. The maximum atomic E-state index is 12.0. The highest BCUT2D eigenvalue weighted by Gasteiger charge is 2.18. The summed E-state index contributed by atoms with van der Waals surface area (Å²) in [7, 11) is 0. The number of hydrogen-bond acceptors (Lipinski definition) is 3. The predicted molar refractivity (Wildman–Crippen MR) is 90.4 cm³/mol. The van der Waals surface area contributed by atoms with Crippen molar-refractivity contribution in [3.63, 3.8) is 0 Å². The van der Waals surface area contributed by atoms with Crippen molar-refractivity contribution < 1.29 is 9.59 Å². The predicted octanol–water partition coefficient (Wildman–Crippen LogP) is 2.92. The molecule has 0 unspecified atom stereocenters. The summed E-state index contributed by atoms with van der Waals surface area (Å²) in [5.74, 6) is -0.570. The highest BCUT2D eigenvalue weighted by atomic mass is 127. The van der Waals surface area contributed by atoms with Crippen LogP contribution in [0.25, 0.3) is 0 Å². The average Bonchev–Trinajstić information content (AvgIpc) is 3.05. The summed E-state index contributed by atoms with van der Waals surface area (Å²) in [4.78, 5) is 25.9. The zero-order chi connectivity index (χ0) is 14.8. The molecular formula is C15H13IN2O2S. The monoisotopic (exact) mass is 412 g/mol. The Morgan fingerprint density at radius 1 is 1.10 bits per heavy atom. The first-order chi connectivity index (χ1) is 10.1. The Bertz CT molecular complexity index is 690. The van der Waals surface area contributed by atoms with Gasteiger partial charge in [-0.05, 0) is 71.7 Å². The van der Waals surface area contributed by atoms with E-state index in [4.69, 9.17) is 0 Å². The molecule has 2 aromatic rings. The molecule has 0 radical (unpaired) electrons. The molecule has 0 bridgehead atoms. The van der Waals surface area contributed by atoms with Crippen LogP contribution in [0.1, 0.15) is 36.9 Å². The summed E-state index contributed by atoms with van der Waals surface area (Å²) < 4.78 is 0.973. The van der Waals surface area contributed by atoms with E-state index in [1.165, 1.54) is 28.2 Å². The van der Waals surface area contributed by atoms with Crippen LogP contribution >= 0.6 is 33.9 Å². The van der Waals surface area contributed by atoms with Gasteiger partial charge in [0.05, 0.1) is 4.88 Å². The van der Waals surface area contributed by atoms with E-state index in [1.807, 2.05) is 18.2 Å². The SMILES string of the molecule is O=C(NNC(=O)c1cc2c(s1)CCC2)c1cccc(I)c1. The first-order valence-corrected chi connectivity index (χ1v) is 8.51. The second-order valence-corrected chi connectivity index (χ2v) is 7.21. The lowest BCUT2D eigenvalue weighted by Gasteiger charge is -2.06. The summed E-state index contributed by atoms with van der Waals surface area (Å²) in [5.41, 5.74) is 6.73. The minimum Gasteiger partial charge on any atom is -0.267 e. The molecule has 1 aliphatic rings. The van der Waals surface area contributed by atoms with Gasteiger partial charge in [-0.1, -0.05) is 6.07 Å². The first-order valence-electron chi connectivity index (χ1n) is 6.61. The number of carbonyl (C=O) groups is 2. The second-order valence-electron chi connectivity index (χ2n) is 4.83. The Labute approximate surface area is 140 Å². The van der Waals surface area contributed by atoms with E-state index >= 15 is 0 Å². The molecule has 0 fully saturated rings. The molecule has 0 aliphatic heterocycles. The zero-order valence-corrected chi connectivity index (χ0v) is 14.1. The molecule has 3 rings (SSSR count). The topological polar surface area (TPSA) is 58.2 Å². The smallest absolute Gasteiger partial charge is 0.267 e. The van der Waals surface area contributed by atoms with Gasteiger partial charge in [-0.25, -0.2) is 0 Å². The Morgan fingerprint density at radius 2 is 1.90 bits per heavy atom. The number of aryl methyl sites for hydroxylation is 2. The third-order valence-corrected chi connectivity index (χ3v) is 5.25. The standard InChI is InChI=1S/C15H13IN2O2S/c16-11-5-1-4-10(7-11)14(19)17-18-15(20)13-8-9-3-2-6-12(9)21-13/h1,4-5,7-8H,2-3,6H2,(H,17,19)(H,18,20). The number of nitrogens with one attached hydrogen (secondary N) is 2. The van der Waals surface area contributed by atoms with Crippen LogP contribution in [0.4, 0.5) is 0 Å². The third-order valence-electron chi connectivity index (χ3n) is 3.35. The number of hydrazine groups is 1. The van der Waals surface area contributed by atoms with Crippen LogP contribution in [0.3, 0.4) is 0 Å². The highest BCUT2D eigenvalue weighted by molar-refractivity contribution is 14.1. The first kappa shape index (κ1) is 14.5. The molecule has 2 amide bonds. The lowest BCUT2D eigenvalue weighted by Crippen LogP contribution is -2.41. The number of thiophene rings is 1. The van der Waals surface area contributed by atoms with Crippen molar-refractivity contribution in [3.8, 4) is 0 Å². The normalized spacial score (nSPS) is 12.8. The number of amides is 2. The molecule has 0 saturated carbocycles. The number of hydrogen-bond donors (Lipinski definition) is 2. The van der Waals surface area contributed by atoms with Crippen molar-refractivity contribution in [2.45, 2.75) is 19.3 Å². The van der Waals surface area contributed by atoms with Crippen molar-refractivity contribution in [2.75, 3.05) is 0 Å². The van der Waals surface area contributed by atoms with E-state index < -0.39 is 0 Å². The van der Waals surface area contributed by atoms with E-state index in [-0.39, 0.29) is 11.8 Å². The fourth-order valence-corrected chi connectivity index (χ4v) is 4.01. The Morgan fingerprint density at radius 3 is 2.67 bits per heavy atom. The quantitative estimate of drug-likeness (QED) is 0.589. The van der Waals surface area contributed by atoms with Crippen molar-refractivity contribution in [1.29, 1.82) is 0 Å². The Hall–Kier alpha value is -1.41. The molecule has 6 heteroatoms. The van der Waals surface area contributed by atoms with Crippen LogP contribution in [0.2, 0.25) is 0 Å². The Balaban J connectivity index is 1.61. The minimum absolute atomic E-state index is 0.256. The van der Waals surface area contributed by atoms with Crippen molar-refractivity contribution in [3.05, 3.63) is 54.8 Å². The highest BCUT2D eigenvalue weighted by Crippen LogP contribution is 2.30. The molecule has 1 aromatic carbocycles. The van der Waals surface area contributed by atoms with Crippen molar-refractivity contribution >= 4 is 45.7 Å². The van der Waals surface area contributed by atoms with Crippen LogP contribution in [0, 0.1) is 3.57 Å². The lowest BCUT2D eigenvalue weighted by atomic mass is 10.2. The summed E-state index contributed by atoms with van der Waals surface area (Å²) in [5, 5.41) is 0. The number of carbonyl (C=O) groups excluding carboxylic acids is 2. The van der Waals surface area contributed by atoms with Gasteiger partial charge in [-0.2, -0.15) is 0 Å². The minimum atomic E-state index is -0.314. The van der Waals surface area contributed by atoms with Crippen LogP contribution in [0.15, 0.2) is 30.3 Å². The molecule has 21 heavy (non-hydrogen) atoms. The average molecular weight is 412 g/mol. The van der Waals surface area contributed by atoms with E-state index in [1.54, 1.807) is 12.1 Å². The molecule has 4 nitrogen and oxygen atoms in total. The van der Waals surface area contributed by atoms with Gasteiger partial charge in [-0.3, -0.25) is 20.4 Å². The van der Waals surface area contributed by atoms with E-state index in [2.05, 4.69) is 33.4 Å². The van der Waals surface area contributed by atoms with E-state index in [0.29, 0.717) is 10.4 Å². The van der Waals surface area contributed by atoms with Crippen LogP contribution in [-0.4, -0.2) is 11.8 Å². The third kappa shape index (κ3) is 3.26. The Kier molecular flexibility index (Phi) is 4.25. The molecule has 0 saturated heterocycles. The zero-order valence-electron chi connectivity index (χ0n) is 11.1. The van der Waals surface area contributed by atoms with Gasteiger partial charge in [0.25, 0.3) is 11.8 Å². The van der Waals surface area contributed by atoms with Crippen molar-refractivity contribution in [1.82, 2.24) is 10.9 Å². The van der Waals surface area contributed by atoms with Gasteiger partial charge in [0.2, 0.25) is 0 Å². The largest absolute Gasteiger partial charge is 0.279 e. The van der Waals surface area contributed by atoms with Gasteiger partial charge >= 0.3 is 0 Å². The molecular weight excluding hydrogens is 399 g/mol. The number of benzene rings is 1. The maximum absolute atomic E-state index is 12.0. The number of fused-ring (bicyclic) bond motifs is 1. The van der Waals surface area contributed by atoms with Crippen molar-refractivity contribution in [2.24, 2.45) is 0 Å². The molecule has 0 atom stereocenters. The molecule has 0 spiro atoms. The van der Waals surface area contributed by atoms with Gasteiger partial charge in [0, 0.05) is 14.0 Å². The summed E-state index contributed by atoms with van der Waals surface area (Å²) in [6, 6.07) is 9.12. The summed E-state index contributed by atoms with van der Waals surface area (Å²) in [6.45, 7) is 0. The molecule has 1 aliphatic carbocycles. The molecule has 108 valence electrons. The number of halogens is 1. The van der Waals surface area contributed by atoms with Crippen LogP contribution < -0.4 is 10.9 Å². The van der Waals surface area contributed by atoms with Gasteiger partial charge in [0.15, 0.2) is 0 Å². The van der Waals surface area contributed by atoms with Gasteiger partial charge in [-0.15, -0.1) is 11.3 Å². The summed E-state index contributed by atoms with van der Waals surface area (Å²) >= 11 is 3.66. The number of rotatable bonds is 2. The lowest BCUT2D eigenvalue weighted by molar-refractivity contribution is 0.0849.